The second-order valence-corrected chi connectivity index (χ2v) is 5.24. The van der Waals surface area contributed by atoms with Crippen LogP contribution in [0.5, 0.6) is 0 Å². The Balaban J connectivity index is 3.21. The van der Waals surface area contributed by atoms with Crippen LogP contribution in [0.3, 0.4) is 0 Å². The van der Waals surface area contributed by atoms with Crippen LogP contribution in [-0.4, -0.2) is 31.3 Å². The van der Waals surface area contributed by atoms with Crippen molar-refractivity contribution < 1.29 is 19.1 Å². The monoisotopic (exact) mass is 358 g/mol. The quantitative estimate of drug-likeness (QED) is 0.353. The summed E-state index contributed by atoms with van der Waals surface area (Å²) in [6.07, 6.45) is 1.16. The van der Waals surface area contributed by atoms with Gasteiger partial charge in [0.2, 0.25) is 0 Å². The van der Waals surface area contributed by atoms with E-state index in [9.17, 15) is 14.4 Å². The number of rotatable bonds is 6. The van der Waals surface area contributed by atoms with E-state index in [1.54, 1.807) is 6.92 Å². The van der Waals surface area contributed by atoms with Crippen molar-refractivity contribution in [2.45, 2.75) is 13.8 Å². The summed E-state index contributed by atoms with van der Waals surface area (Å²) in [6, 6.07) is 2.90. The van der Waals surface area contributed by atoms with E-state index in [1.807, 2.05) is 0 Å². The molecule has 6 nitrogen and oxygen atoms in total. The minimum Gasteiger partial charge on any atom is -0.465 e. The molecule has 8 heteroatoms. The molecule has 0 aliphatic carbocycles. The van der Waals surface area contributed by atoms with Gasteiger partial charge in [-0.2, -0.15) is 0 Å². The lowest BCUT2D eigenvalue weighted by molar-refractivity contribution is -0.137. The van der Waals surface area contributed by atoms with Crippen molar-refractivity contribution in [1.82, 2.24) is 5.32 Å². The van der Waals surface area contributed by atoms with Crippen LogP contribution in [0.1, 0.15) is 24.2 Å². The predicted molar refractivity (Wildman–Crippen MR) is 88.9 cm³/mol. The molecule has 0 saturated carbocycles. The van der Waals surface area contributed by atoms with Gasteiger partial charge in [-0.1, -0.05) is 23.2 Å². The van der Waals surface area contributed by atoms with Gasteiger partial charge in [-0.05, 0) is 26.0 Å². The van der Waals surface area contributed by atoms with Crippen LogP contribution in [0.2, 0.25) is 10.0 Å². The highest BCUT2D eigenvalue weighted by molar-refractivity contribution is 6.38. The van der Waals surface area contributed by atoms with Crippen LogP contribution in [0.4, 0.5) is 5.69 Å². The Morgan fingerprint density at radius 1 is 1.26 bits per heavy atom. The number of halogens is 2. The highest BCUT2D eigenvalue weighted by Gasteiger charge is 2.17. The number of carbonyl (C=O) groups excluding carboxylic acids is 3. The van der Waals surface area contributed by atoms with Crippen molar-refractivity contribution in [3.63, 3.8) is 0 Å². The van der Waals surface area contributed by atoms with E-state index in [4.69, 9.17) is 23.2 Å². The van der Waals surface area contributed by atoms with Gasteiger partial charge in [0.25, 0.3) is 5.91 Å². The smallest absolute Gasteiger partial charge is 0.342 e. The minimum atomic E-state index is -0.785. The number of nitrogens with one attached hydrogen (secondary N) is 2. The Labute approximate surface area is 143 Å². The summed E-state index contributed by atoms with van der Waals surface area (Å²) < 4.78 is 4.52. The molecule has 0 heterocycles. The van der Waals surface area contributed by atoms with Crippen molar-refractivity contribution in [3.05, 3.63) is 39.5 Å². The second kappa shape index (κ2) is 8.55. The van der Waals surface area contributed by atoms with Crippen LogP contribution >= 0.6 is 23.2 Å². The first-order chi connectivity index (χ1) is 10.8. The Morgan fingerprint density at radius 3 is 2.43 bits per heavy atom. The van der Waals surface area contributed by atoms with Gasteiger partial charge >= 0.3 is 5.97 Å². The van der Waals surface area contributed by atoms with Crippen molar-refractivity contribution >= 4 is 46.5 Å². The fourth-order valence-electron chi connectivity index (χ4n) is 1.68. The van der Waals surface area contributed by atoms with Gasteiger partial charge in [0.05, 0.1) is 23.4 Å². The lowest BCUT2D eigenvalue weighted by Crippen LogP contribution is -2.23. The summed E-state index contributed by atoms with van der Waals surface area (Å²) in [6.45, 7) is 3.43. The van der Waals surface area contributed by atoms with Gasteiger partial charge in [0.1, 0.15) is 5.57 Å². The summed E-state index contributed by atoms with van der Waals surface area (Å²) in [5.41, 5.74) is 0.269. The molecule has 0 aliphatic rings. The molecule has 0 saturated heterocycles. The van der Waals surface area contributed by atoms with Crippen molar-refractivity contribution in [3.8, 4) is 0 Å². The topological polar surface area (TPSA) is 84.5 Å². The molecule has 0 fully saturated rings. The Hall–Kier alpha value is -2.05. The maximum atomic E-state index is 11.9. The summed E-state index contributed by atoms with van der Waals surface area (Å²) in [5.74, 6) is -1.65. The first-order valence-corrected chi connectivity index (χ1v) is 7.40. The van der Waals surface area contributed by atoms with Gasteiger partial charge in [0, 0.05) is 17.8 Å². The number of hydrogen-bond acceptors (Lipinski definition) is 5. The molecule has 1 aromatic carbocycles. The van der Waals surface area contributed by atoms with E-state index in [1.165, 1.54) is 26.2 Å². The maximum Gasteiger partial charge on any atom is 0.342 e. The number of hydrogen-bond donors (Lipinski definition) is 2. The van der Waals surface area contributed by atoms with Crippen molar-refractivity contribution in [1.29, 1.82) is 0 Å². The number of Topliss-reactive ketones (excluding diaryl/α,β-unsaturated/α-hetero) is 1. The summed E-state index contributed by atoms with van der Waals surface area (Å²) >= 11 is 12.2. The molecule has 124 valence electrons. The van der Waals surface area contributed by atoms with E-state index in [0.717, 1.165) is 6.20 Å². The van der Waals surface area contributed by atoms with Crippen LogP contribution in [0.15, 0.2) is 23.9 Å². The van der Waals surface area contributed by atoms with Gasteiger partial charge < -0.3 is 15.4 Å². The normalized spacial score (nSPS) is 10.9. The molecule has 0 unspecified atom stereocenters. The zero-order valence-electron chi connectivity index (χ0n) is 12.8. The summed E-state index contributed by atoms with van der Waals surface area (Å²) in [5, 5.41) is 5.71. The zero-order chi connectivity index (χ0) is 17.6. The number of esters is 1. The van der Waals surface area contributed by atoms with E-state index < -0.39 is 11.8 Å². The van der Waals surface area contributed by atoms with E-state index in [0.29, 0.717) is 6.54 Å². The maximum absolute atomic E-state index is 11.9. The first-order valence-electron chi connectivity index (χ1n) is 6.65. The third-order valence-corrected chi connectivity index (χ3v) is 3.40. The standard InChI is InChI=1S/C15H16Cl2N2O4/c1-4-18-14(21)10-5-9(16)6-12(13(10)17)19-7-11(8(2)20)15(22)23-3/h5-7,19H,4H2,1-3H3,(H,18,21). The third-order valence-electron chi connectivity index (χ3n) is 2.78. The predicted octanol–water partition coefficient (Wildman–Crippen LogP) is 2.80. The third kappa shape index (κ3) is 4.97. The number of carbonyl (C=O) groups is 3. The molecule has 1 rings (SSSR count). The molecule has 0 aromatic heterocycles. The average molecular weight is 359 g/mol. The Morgan fingerprint density at radius 2 is 1.91 bits per heavy atom. The molecule has 0 radical (unpaired) electrons. The first kappa shape index (κ1) is 19.0. The minimum absolute atomic E-state index is 0.115. The molecule has 2 N–H and O–H groups in total. The number of ketones is 1. The number of benzene rings is 1. The zero-order valence-corrected chi connectivity index (χ0v) is 14.3. The highest BCUT2D eigenvalue weighted by atomic mass is 35.5. The average Bonchev–Trinajstić information content (AvgIpc) is 2.49. The molecule has 1 aromatic rings. The van der Waals surface area contributed by atoms with Gasteiger partial charge in [-0.25, -0.2) is 4.79 Å². The number of anilines is 1. The Bertz CT molecular complexity index is 672. The molecule has 1 amide bonds. The largest absolute Gasteiger partial charge is 0.465 e. The van der Waals surface area contributed by atoms with Crippen LogP contribution < -0.4 is 10.6 Å². The molecule has 0 atom stereocenters. The van der Waals surface area contributed by atoms with E-state index >= 15 is 0 Å². The fourth-order valence-corrected chi connectivity index (χ4v) is 2.15. The molecular formula is C15H16Cl2N2O4. The second-order valence-electron chi connectivity index (χ2n) is 4.42. The molecule has 0 aliphatic heterocycles. The Kier molecular flexibility index (Phi) is 7.06. The fraction of sp³-hybridized carbons (Fsp3) is 0.267. The molecule has 0 spiro atoms. The summed E-state index contributed by atoms with van der Waals surface area (Å²) in [4.78, 5) is 34.9. The van der Waals surface area contributed by atoms with Crippen LogP contribution in [-0.2, 0) is 14.3 Å². The van der Waals surface area contributed by atoms with Gasteiger partial charge in [0.15, 0.2) is 5.78 Å². The number of methoxy groups -OCH3 is 1. The lowest BCUT2D eigenvalue weighted by Gasteiger charge is -2.11. The summed E-state index contributed by atoms with van der Waals surface area (Å²) in [7, 11) is 1.17. The highest BCUT2D eigenvalue weighted by Crippen LogP contribution is 2.30. The SMILES string of the molecule is CCNC(=O)c1cc(Cl)cc(NC=C(C(C)=O)C(=O)OC)c1Cl. The van der Waals surface area contributed by atoms with Gasteiger partial charge in [-0.3, -0.25) is 9.59 Å². The van der Waals surface area contributed by atoms with Crippen LogP contribution in [0.25, 0.3) is 0 Å². The van der Waals surface area contributed by atoms with Crippen molar-refractivity contribution in [2.75, 3.05) is 19.0 Å². The van der Waals surface area contributed by atoms with E-state index in [2.05, 4.69) is 15.4 Å². The number of amides is 1. The number of ether oxygens (including phenoxy) is 1. The molecule has 0 bridgehead atoms. The van der Waals surface area contributed by atoms with Gasteiger partial charge in [-0.15, -0.1) is 0 Å². The molecule has 23 heavy (non-hydrogen) atoms. The van der Waals surface area contributed by atoms with Crippen molar-refractivity contribution in [2.24, 2.45) is 0 Å². The molecular weight excluding hydrogens is 343 g/mol. The van der Waals surface area contributed by atoms with E-state index in [-0.39, 0.29) is 32.8 Å². The lowest BCUT2D eigenvalue weighted by atomic mass is 10.1. The van der Waals surface area contributed by atoms with Crippen LogP contribution in [0, 0.1) is 0 Å².